The van der Waals surface area contributed by atoms with Gasteiger partial charge in [0.15, 0.2) is 11.5 Å². The number of ether oxygens (including phenoxy) is 2. The fourth-order valence-corrected chi connectivity index (χ4v) is 4.04. The van der Waals surface area contributed by atoms with E-state index in [1.165, 1.54) is 6.42 Å². The maximum atomic E-state index is 12.1. The summed E-state index contributed by atoms with van der Waals surface area (Å²) in [5.74, 6) is 2.92. The molecule has 1 aliphatic carbocycles. The zero-order valence-corrected chi connectivity index (χ0v) is 14.1. The Morgan fingerprint density at radius 1 is 1.26 bits per heavy atom. The van der Waals surface area contributed by atoms with Crippen molar-refractivity contribution in [2.45, 2.75) is 36.6 Å². The first-order valence-corrected chi connectivity index (χ1v) is 9.26. The summed E-state index contributed by atoms with van der Waals surface area (Å²) in [4.78, 5) is 13.2. The number of rotatable bonds is 6. The SMILES string of the molecule is NCC1CCCC1NC(=O)CCSc1ccc2c(c1)OCCO2. The van der Waals surface area contributed by atoms with E-state index in [4.69, 9.17) is 15.2 Å². The first kappa shape index (κ1) is 16.5. The van der Waals surface area contributed by atoms with Gasteiger partial charge < -0.3 is 20.5 Å². The molecule has 126 valence electrons. The molecule has 1 fully saturated rings. The zero-order valence-electron chi connectivity index (χ0n) is 13.3. The van der Waals surface area contributed by atoms with Crippen LogP contribution in [0.3, 0.4) is 0 Å². The first-order valence-electron chi connectivity index (χ1n) is 8.28. The third-order valence-corrected chi connectivity index (χ3v) is 5.42. The van der Waals surface area contributed by atoms with E-state index in [2.05, 4.69) is 5.32 Å². The molecular formula is C17H24N2O3S. The predicted molar refractivity (Wildman–Crippen MR) is 91.1 cm³/mol. The molecular weight excluding hydrogens is 312 g/mol. The summed E-state index contributed by atoms with van der Waals surface area (Å²) in [6, 6.07) is 6.20. The van der Waals surface area contributed by atoms with Crippen LogP contribution < -0.4 is 20.5 Å². The van der Waals surface area contributed by atoms with Crippen molar-refractivity contribution in [1.29, 1.82) is 0 Å². The molecule has 3 rings (SSSR count). The van der Waals surface area contributed by atoms with Crippen molar-refractivity contribution in [1.82, 2.24) is 5.32 Å². The zero-order chi connectivity index (χ0) is 16.1. The van der Waals surface area contributed by atoms with Crippen LogP contribution in [-0.4, -0.2) is 37.5 Å². The lowest BCUT2D eigenvalue weighted by atomic mass is 10.0. The highest BCUT2D eigenvalue weighted by Gasteiger charge is 2.27. The number of hydrogen-bond acceptors (Lipinski definition) is 5. The van der Waals surface area contributed by atoms with Gasteiger partial charge in [0.25, 0.3) is 0 Å². The van der Waals surface area contributed by atoms with Crippen molar-refractivity contribution in [3.05, 3.63) is 18.2 Å². The lowest BCUT2D eigenvalue weighted by Crippen LogP contribution is -2.39. The maximum Gasteiger partial charge on any atom is 0.221 e. The Balaban J connectivity index is 1.43. The van der Waals surface area contributed by atoms with Gasteiger partial charge in [-0.05, 0) is 43.5 Å². The van der Waals surface area contributed by atoms with Gasteiger partial charge in [-0.15, -0.1) is 11.8 Å². The van der Waals surface area contributed by atoms with Gasteiger partial charge in [0.1, 0.15) is 13.2 Å². The number of amides is 1. The molecule has 2 unspecified atom stereocenters. The van der Waals surface area contributed by atoms with E-state index in [0.29, 0.717) is 32.1 Å². The molecule has 1 heterocycles. The van der Waals surface area contributed by atoms with Crippen molar-refractivity contribution < 1.29 is 14.3 Å². The van der Waals surface area contributed by atoms with Crippen molar-refractivity contribution in [3.63, 3.8) is 0 Å². The average molecular weight is 336 g/mol. The first-order chi connectivity index (χ1) is 11.3. The Morgan fingerprint density at radius 3 is 2.91 bits per heavy atom. The van der Waals surface area contributed by atoms with Crippen molar-refractivity contribution in [3.8, 4) is 11.5 Å². The van der Waals surface area contributed by atoms with E-state index >= 15 is 0 Å². The number of hydrogen-bond donors (Lipinski definition) is 2. The average Bonchev–Trinajstić information content (AvgIpc) is 3.02. The van der Waals surface area contributed by atoms with Gasteiger partial charge in [-0.2, -0.15) is 0 Å². The molecule has 1 amide bonds. The monoisotopic (exact) mass is 336 g/mol. The number of fused-ring (bicyclic) bond motifs is 1. The van der Waals surface area contributed by atoms with Crippen LogP contribution in [0.15, 0.2) is 23.1 Å². The molecule has 0 spiro atoms. The van der Waals surface area contributed by atoms with Crippen molar-refractivity contribution in [2.75, 3.05) is 25.5 Å². The van der Waals surface area contributed by atoms with Crippen LogP contribution in [0.25, 0.3) is 0 Å². The molecule has 0 bridgehead atoms. The predicted octanol–water partition coefficient (Wildman–Crippen LogP) is 2.18. The summed E-state index contributed by atoms with van der Waals surface area (Å²) < 4.78 is 11.1. The van der Waals surface area contributed by atoms with Crippen LogP contribution in [0.5, 0.6) is 11.5 Å². The standard InChI is InChI=1S/C17H24N2O3S/c18-11-12-2-1-3-14(12)19-17(20)6-9-23-13-4-5-15-16(10-13)22-8-7-21-15/h4-5,10,12,14H,1-3,6-9,11,18H2,(H,19,20). The van der Waals surface area contributed by atoms with Gasteiger partial charge >= 0.3 is 0 Å². The van der Waals surface area contributed by atoms with E-state index in [0.717, 1.165) is 35.0 Å². The molecule has 0 radical (unpaired) electrons. The van der Waals surface area contributed by atoms with Gasteiger partial charge in [0, 0.05) is 23.1 Å². The van der Waals surface area contributed by atoms with E-state index in [9.17, 15) is 4.79 Å². The molecule has 5 nitrogen and oxygen atoms in total. The Kier molecular flexibility index (Phi) is 5.67. The smallest absolute Gasteiger partial charge is 0.221 e. The fraction of sp³-hybridized carbons (Fsp3) is 0.588. The second-order valence-electron chi connectivity index (χ2n) is 6.00. The molecule has 3 N–H and O–H groups in total. The molecule has 23 heavy (non-hydrogen) atoms. The minimum absolute atomic E-state index is 0.125. The number of carbonyl (C=O) groups is 1. The molecule has 1 aromatic carbocycles. The summed E-state index contributed by atoms with van der Waals surface area (Å²) >= 11 is 1.66. The number of thioether (sulfide) groups is 1. The lowest BCUT2D eigenvalue weighted by molar-refractivity contribution is -0.121. The normalized spacial score (nSPS) is 22.8. The van der Waals surface area contributed by atoms with E-state index in [1.54, 1.807) is 11.8 Å². The molecule has 0 saturated heterocycles. The van der Waals surface area contributed by atoms with Crippen LogP contribution in [0.4, 0.5) is 0 Å². The second kappa shape index (κ2) is 7.93. The number of nitrogens with two attached hydrogens (primary N) is 1. The number of nitrogens with one attached hydrogen (secondary N) is 1. The maximum absolute atomic E-state index is 12.1. The topological polar surface area (TPSA) is 73.6 Å². The molecule has 1 saturated carbocycles. The number of benzene rings is 1. The Bertz CT molecular complexity index is 553. The van der Waals surface area contributed by atoms with Gasteiger partial charge in [-0.3, -0.25) is 4.79 Å². The highest BCUT2D eigenvalue weighted by Crippen LogP contribution is 2.34. The van der Waals surface area contributed by atoms with Crippen LogP contribution in [-0.2, 0) is 4.79 Å². The Morgan fingerprint density at radius 2 is 2.09 bits per heavy atom. The van der Waals surface area contributed by atoms with Crippen LogP contribution in [0.1, 0.15) is 25.7 Å². The highest BCUT2D eigenvalue weighted by molar-refractivity contribution is 7.99. The Hall–Kier alpha value is -1.40. The van der Waals surface area contributed by atoms with Gasteiger partial charge in [0.05, 0.1) is 0 Å². The molecule has 1 aromatic rings. The van der Waals surface area contributed by atoms with Crippen LogP contribution >= 0.6 is 11.8 Å². The van der Waals surface area contributed by atoms with Gasteiger partial charge in [-0.25, -0.2) is 0 Å². The lowest BCUT2D eigenvalue weighted by Gasteiger charge is -2.19. The molecule has 1 aliphatic heterocycles. The minimum Gasteiger partial charge on any atom is -0.486 e. The van der Waals surface area contributed by atoms with Crippen LogP contribution in [0.2, 0.25) is 0 Å². The van der Waals surface area contributed by atoms with E-state index < -0.39 is 0 Å². The largest absolute Gasteiger partial charge is 0.486 e. The van der Waals surface area contributed by atoms with E-state index in [1.807, 2.05) is 18.2 Å². The molecule has 2 aliphatic rings. The van der Waals surface area contributed by atoms with Crippen molar-refractivity contribution >= 4 is 17.7 Å². The van der Waals surface area contributed by atoms with Crippen LogP contribution in [0, 0.1) is 5.92 Å². The number of carbonyl (C=O) groups excluding carboxylic acids is 1. The summed E-state index contributed by atoms with van der Waals surface area (Å²) in [5, 5.41) is 3.14. The van der Waals surface area contributed by atoms with Gasteiger partial charge in [-0.1, -0.05) is 6.42 Å². The fourth-order valence-electron chi connectivity index (χ4n) is 3.16. The Labute approximate surface area is 141 Å². The summed E-state index contributed by atoms with van der Waals surface area (Å²) in [5.41, 5.74) is 5.75. The van der Waals surface area contributed by atoms with Crippen molar-refractivity contribution in [2.24, 2.45) is 11.7 Å². The summed E-state index contributed by atoms with van der Waals surface area (Å²) in [6.07, 6.45) is 3.88. The highest BCUT2D eigenvalue weighted by atomic mass is 32.2. The molecule has 0 aromatic heterocycles. The summed E-state index contributed by atoms with van der Waals surface area (Å²) in [6.45, 7) is 1.86. The third kappa shape index (κ3) is 4.32. The third-order valence-electron chi connectivity index (χ3n) is 4.42. The second-order valence-corrected chi connectivity index (χ2v) is 7.17. The quantitative estimate of drug-likeness (QED) is 0.779. The summed E-state index contributed by atoms with van der Waals surface area (Å²) in [7, 11) is 0. The minimum atomic E-state index is 0.125. The molecule has 2 atom stereocenters. The van der Waals surface area contributed by atoms with E-state index in [-0.39, 0.29) is 11.9 Å². The molecule has 6 heteroatoms. The van der Waals surface area contributed by atoms with Gasteiger partial charge in [0.2, 0.25) is 5.91 Å².